The minimum Gasteiger partial charge on any atom is -0.0888 e. The van der Waals surface area contributed by atoms with Crippen LogP contribution in [0.15, 0.2) is 12.2 Å². The van der Waals surface area contributed by atoms with Crippen LogP contribution in [0.4, 0.5) is 0 Å². The van der Waals surface area contributed by atoms with Crippen molar-refractivity contribution in [3.8, 4) is 0 Å². The summed E-state index contributed by atoms with van der Waals surface area (Å²) < 4.78 is 0. The highest BCUT2D eigenvalue weighted by atomic mass is 14.5. The first-order valence-corrected chi connectivity index (χ1v) is 17.3. The molecule has 0 saturated heterocycles. The average molecular weight is 515 g/mol. The fourth-order valence-electron chi connectivity index (χ4n) is 8.69. The Morgan fingerprint density at radius 2 is 1.38 bits per heavy atom. The number of hydrogen-bond donors (Lipinski definition) is 0. The summed E-state index contributed by atoms with van der Waals surface area (Å²) in [5.41, 5.74) is 0.798. The van der Waals surface area contributed by atoms with Gasteiger partial charge < -0.3 is 0 Å². The van der Waals surface area contributed by atoms with E-state index >= 15 is 0 Å². The molecule has 0 heterocycles. The van der Waals surface area contributed by atoms with E-state index in [9.17, 15) is 0 Å². The van der Waals surface area contributed by atoms with Crippen molar-refractivity contribution in [3.05, 3.63) is 12.2 Å². The summed E-state index contributed by atoms with van der Waals surface area (Å²) in [6.07, 6.45) is 30.9. The Kier molecular flexibility index (Phi) is 15.5. The maximum absolute atomic E-state index is 2.60. The molecule has 2 aliphatic rings. The van der Waals surface area contributed by atoms with Crippen LogP contribution in [0.25, 0.3) is 0 Å². The third kappa shape index (κ3) is 11.8. The molecule has 0 aromatic rings. The number of hydrogen-bond acceptors (Lipinski definition) is 0. The van der Waals surface area contributed by atoms with Gasteiger partial charge in [0.05, 0.1) is 0 Å². The lowest BCUT2D eigenvalue weighted by Gasteiger charge is -2.51. The highest BCUT2D eigenvalue weighted by Crippen LogP contribution is 2.56. The van der Waals surface area contributed by atoms with Gasteiger partial charge in [0.2, 0.25) is 0 Å². The number of rotatable bonds is 19. The standard InChI is InChI=1S/C37H70/c1-9-11-12-13-14-18-36(26-29(3)4)31(6)17-15-19-34(16-10-2)32(7)20-21-33(8)35-22-24-37(25-23-35)27-30(5)28-37/h11-12,29-36H,9-10,13-28H2,1-8H3/b12-11-. The van der Waals surface area contributed by atoms with Crippen molar-refractivity contribution in [1.82, 2.24) is 0 Å². The largest absolute Gasteiger partial charge is 0.0888 e. The van der Waals surface area contributed by atoms with Crippen LogP contribution < -0.4 is 0 Å². The van der Waals surface area contributed by atoms with Crippen molar-refractivity contribution >= 4 is 0 Å². The molecule has 0 aromatic heterocycles. The van der Waals surface area contributed by atoms with Crippen LogP contribution in [0.1, 0.15) is 171 Å². The van der Waals surface area contributed by atoms with Gasteiger partial charge in [-0.05, 0) is 123 Å². The molecule has 218 valence electrons. The van der Waals surface area contributed by atoms with Gasteiger partial charge in [0.15, 0.2) is 0 Å². The minimum absolute atomic E-state index is 0.798. The zero-order valence-corrected chi connectivity index (χ0v) is 27.0. The van der Waals surface area contributed by atoms with Gasteiger partial charge in [0, 0.05) is 0 Å². The predicted octanol–water partition coefficient (Wildman–Crippen LogP) is 12.7. The fourth-order valence-corrected chi connectivity index (χ4v) is 8.69. The van der Waals surface area contributed by atoms with E-state index in [2.05, 4.69) is 67.5 Å². The summed E-state index contributed by atoms with van der Waals surface area (Å²) in [6, 6.07) is 0. The predicted molar refractivity (Wildman–Crippen MR) is 168 cm³/mol. The van der Waals surface area contributed by atoms with Crippen LogP contribution in [-0.2, 0) is 0 Å². The fraction of sp³-hybridized carbons (Fsp3) is 0.946. The average Bonchev–Trinajstić information content (AvgIpc) is 2.85. The zero-order valence-electron chi connectivity index (χ0n) is 27.0. The topological polar surface area (TPSA) is 0 Å². The number of allylic oxidation sites excluding steroid dienone is 2. The van der Waals surface area contributed by atoms with E-state index in [4.69, 9.17) is 0 Å². The van der Waals surface area contributed by atoms with Gasteiger partial charge in [-0.15, -0.1) is 0 Å². The summed E-state index contributed by atoms with van der Waals surface area (Å²) in [7, 11) is 0. The maximum Gasteiger partial charge on any atom is -0.0292 e. The molecule has 2 fully saturated rings. The second-order valence-electron chi connectivity index (χ2n) is 15.0. The molecule has 37 heavy (non-hydrogen) atoms. The van der Waals surface area contributed by atoms with Gasteiger partial charge in [-0.25, -0.2) is 0 Å². The molecule has 2 rings (SSSR count). The van der Waals surface area contributed by atoms with Gasteiger partial charge in [-0.1, -0.05) is 112 Å². The quantitative estimate of drug-likeness (QED) is 0.119. The van der Waals surface area contributed by atoms with E-state index in [-0.39, 0.29) is 0 Å². The summed E-state index contributed by atoms with van der Waals surface area (Å²) in [4.78, 5) is 0. The van der Waals surface area contributed by atoms with Crippen LogP contribution in [0.3, 0.4) is 0 Å². The van der Waals surface area contributed by atoms with Gasteiger partial charge in [0.25, 0.3) is 0 Å². The molecule has 0 heteroatoms. The Balaban J connectivity index is 1.72. The Bertz CT molecular complexity index is 583. The van der Waals surface area contributed by atoms with E-state index in [0.717, 1.165) is 52.8 Å². The molecule has 2 aliphatic carbocycles. The molecule has 0 bridgehead atoms. The normalized spacial score (nSPS) is 28.4. The molecule has 0 amide bonds. The van der Waals surface area contributed by atoms with E-state index < -0.39 is 0 Å². The summed E-state index contributed by atoms with van der Waals surface area (Å²) in [6.45, 7) is 19.8. The molecule has 0 radical (unpaired) electrons. The lowest BCUT2D eigenvalue weighted by molar-refractivity contribution is -0.00101. The second-order valence-corrected chi connectivity index (χ2v) is 15.0. The molecule has 0 aliphatic heterocycles. The Morgan fingerprint density at radius 1 is 0.730 bits per heavy atom. The molecule has 5 atom stereocenters. The highest BCUT2D eigenvalue weighted by molar-refractivity contribution is 4.95. The lowest BCUT2D eigenvalue weighted by Crippen LogP contribution is -2.40. The molecule has 0 aromatic carbocycles. The van der Waals surface area contributed by atoms with Gasteiger partial charge in [-0.2, -0.15) is 0 Å². The van der Waals surface area contributed by atoms with Crippen LogP contribution in [0.2, 0.25) is 0 Å². The van der Waals surface area contributed by atoms with Crippen LogP contribution in [-0.4, -0.2) is 0 Å². The van der Waals surface area contributed by atoms with Crippen LogP contribution in [0.5, 0.6) is 0 Å². The molecular formula is C37H70. The van der Waals surface area contributed by atoms with Crippen LogP contribution >= 0.6 is 0 Å². The lowest BCUT2D eigenvalue weighted by atomic mass is 9.54. The third-order valence-corrected chi connectivity index (χ3v) is 11.2. The van der Waals surface area contributed by atoms with Crippen LogP contribution in [0, 0.1) is 52.8 Å². The monoisotopic (exact) mass is 515 g/mol. The van der Waals surface area contributed by atoms with Crippen molar-refractivity contribution < 1.29 is 0 Å². The van der Waals surface area contributed by atoms with E-state index in [1.807, 2.05) is 0 Å². The Morgan fingerprint density at radius 3 is 1.97 bits per heavy atom. The molecular weight excluding hydrogens is 444 g/mol. The summed E-state index contributed by atoms with van der Waals surface area (Å²) in [5, 5.41) is 0. The minimum atomic E-state index is 0.798. The summed E-state index contributed by atoms with van der Waals surface area (Å²) in [5.74, 6) is 7.51. The SMILES string of the molecule is CC/C=C\CCCC(CC(C)C)C(C)CCCC(CCC)C(C)CCC(C)C1CCC2(CC1)CC(C)C2. The zero-order chi connectivity index (χ0) is 27.3. The smallest absolute Gasteiger partial charge is 0.0292 e. The second kappa shape index (κ2) is 17.4. The highest BCUT2D eigenvalue weighted by Gasteiger charge is 2.44. The first-order valence-electron chi connectivity index (χ1n) is 17.3. The Hall–Kier alpha value is -0.260. The van der Waals surface area contributed by atoms with Crippen molar-refractivity contribution in [2.75, 3.05) is 0 Å². The maximum atomic E-state index is 2.60. The Labute approximate surface area is 235 Å². The van der Waals surface area contributed by atoms with Crippen molar-refractivity contribution in [1.29, 1.82) is 0 Å². The molecule has 5 unspecified atom stereocenters. The molecule has 0 N–H and O–H groups in total. The molecule has 1 spiro atoms. The van der Waals surface area contributed by atoms with E-state index in [1.165, 1.54) is 103 Å². The van der Waals surface area contributed by atoms with E-state index in [0.29, 0.717) is 0 Å². The van der Waals surface area contributed by atoms with Gasteiger partial charge >= 0.3 is 0 Å². The first-order chi connectivity index (χ1) is 17.7. The van der Waals surface area contributed by atoms with Crippen molar-refractivity contribution in [2.24, 2.45) is 52.8 Å². The van der Waals surface area contributed by atoms with Crippen molar-refractivity contribution in [3.63, 3.8) is 0 Å². The third-order valence-electron chi connectivity index (χ3n) is 11.2. The molecule has 0 nitrogen and oxygen atoms in total. The first kappa shape index (κ1) is 32.9. The van der Waals surface area contributed by atoms with Gasteiger partial charge in [0.1, 0.15) is 0 Å². The summed E-state index contributed by atoms with van der Waals surface area (Å²) >= 11 is 0. The van der Waals surface area contributed by atoms with Gasteiger partial charge in [-0.3, -0.25) is 0 Å². The molecule has 2 saturated carbocycles. The number of unbranched alkanes of at least 4 members (excludes halogenated alkanes) is 1. The van der Waals surface area contributed by atoms with Crippen molar-refractivity contribution in [2.45, 2.75) is 171 Å². The van der Waals surface area contributed by atoms with E-state index in [1.54, 1.807) is 12.8 Å².